The number of likely N-dealkylation sites (N-methyl/N-ethyl adjacent to an activating group) is 1. The Hall–Kier alpha value is -2.93. The van der Waals surface area contributed by atoms with Crippen molar-refractivity contribution in [2.24, 2.45) is 0 Å². The van der Waals surface area contributed by atoms with Gasteiger partial charge in [-0.3, -0.25) is 9.59 Å². The van der Waals surface area contributed by atoms with Gasteiger partial charge in [0.05, 0.1) is 12.1 Å². The molecule has 0 radical (unpaired) electrons. The Balaban J connectivity index is 1.86. The van der Waals surface area contributed by atoms with Gasteiger partial charge in [-0.15, -0.1) is 0 Å². The standard InChI is InChI=1S/C19H20ClN3O4/c1-12-5-4-6-13(2)18(12)22-16(24)10-23(3)17(25)11-27-19(26)14-7-8-21-15(20)9-14/h4-9H,10-11H2,1-3H3,(H,22,24). The van der Waals surface area contributed by atoms with Crippen molar-refractivity contribution in [1.82, 2.24) is 9.88 Å². The zero-order chi connectivity index (χ0) is 20.0. The van der Waals surface area contributed by atoms with Crippen LogP contribution in [0.4, 0.5) is 5.69 Å². The second-order valence-electron chi connectivity index (χ2n) is 6.01. The molecule has 142 valence electrons. The maximum Gasteiger partial charge on any atom is 0.338 e. The number of esters is 1. The number of benzene rings is 1. The van der Waals surface area contributed by atoms with Gasteiger partial charge in [0.1, 0.15) is 5.15 Å². The Bertz CT molecular complexity index is 850. The molecule has 1 heterocycles. The molecule has 2 amide bonds. The Morgan fingerprint density at radius 1 is 1.19 bits per heavy atom. The van der Waals surface area contributed by atoms with Crippen LogP contribution in [0.5, 0.6) is 0 Å². The molecule has 0 aliphatic carbocycles. The number of carbonyl (C=O) groups is 3. The van der Waals surface area contributed by atoms with Crippen LogP contribution in [0.15, 0.2) is 36.5 Å². The number of aromatic nitrogens is 1. The Kier molecular flexibility index (Phi) is 6.90. The molecule has 0 atom stereocenters. The minimum absolute atomic E-state index is 0.149. The van der Waals surface area contributed by atoms with Crippen molar-refractivity contribution in [1.29, 1.82) is 0 Å². The lowest BCUT2D eigenvalue weighted by Gasteiger charge is -2.18. The molecule has 1 N–H and O–H groups in total. The lowest BCUT2D eigenvalue weighted by molar-refractivity contribution is -0.136. The van der Waals surface area contributed by atoms with Crippen LogP contribution < -0.4 is 5.32 Å². The monoisotopic (exact) mass is 389 g/mol. The van der Waals surface area contributed by atoms with E-state index < -0.39 is 18.5 Å². The second kappa shape index (κ2) is 9.14. The number of aryl methyl sites for hydroxylation is 2. The third kappa shape index (κ3) is 5.79. The molecule has 0 aliphatic heterocycles. The van der Waals surface area contributed by atoms with Gasteiger partial charge in [-0.2, -0.15) is 0 Å². The summed E-state index contributed by atoms with van der Waals surface area (Å²) in [6, 6.07) is 8.46. The van der Waals surface area contributed by atoms with E-state index in [1.54, 1.807) is 0 Å². The fourth-order valence-electron chi connectivity index (χ4n) is 2.34. The van der Waals surface area contributed by atoms with Crippen LogP contribution in [0.25, 0.3) is 0 Å². The van der Waals surface area contributed by atoms with Gasteiger partial charge < -0.3 is 15.0 Å². The highest BCUT2D eigenvalue weighted by atomic mass is 35.5. The fourth-order valence-corrected chi connectivity index (χ4v) is 2.52. The normalized spacial score (nSPS) is 10.2. The molecule has 0 bridgehead atoms. The summed E-state index contributed by atoms with van der Waals surface area (Å²) in [4.78, 5) is 41.1. The molecule has 0 saturated heterocycles. The van der Waals surface area contributed by atoms with Gasteiger partial charge in [-0.05, 0) is 37.1 Å². The lowest BCUT2D eigenvalue weighted by Crippen LogP contribution is -2.37. The summed E-state index contributed by atoms with van der Waals surface area (Å²) in [5, 5.41) is 2.95. The highest BCUT2D eigenvalue weighted by molar-refractivity contribution is 6.29. The van der Waals surface area contributed by atoms with E-state index in [0.717, 1.165) is 16.8 Å². The molecule has 27 heavy (non-hydrogen) atoms. The van der Waals surface area contributed by atoms with E-state index >= 15 is 0 Å². The summed E-state index contributed by atoms with van der Waals surface area (Å²) in [6.45, 7) is 3.14. The predicted octanol–water partition coefficient (Wildman–Crippen LogP) is 2.61. The highest BCUT2D eigenvalue weighted by Gasteiger charge is 2.17. The van der Waals surface area contributed by atoms with E-state index in [9.17, 15) is 14.4 Å². The number of amides is 2. The average Bonchev–Trinajstić information content (AvgIpc) is 2.62. The van der Waals surface area contributed by atoms with Crippen LogP contribution in [0, 0.1) is 13.8 Å². The average molecular weight is 390 g/mol. The van der Waals surface area contributed by atoms with Crippen molar-refractivity contribution in [3.63, 3.8) is 0 Å². The van der Waals surface area contributed by atoms with E-state index in [0.29, 0.717) is 0 Å². The van der Waals surface area contributed by atoms with Crippen molar-refractivity contribution in [2.75, 3.05) is 25.5 Å². The van der Waals surface area contributed by atoms with Crippen molar-refractivity contribution >= 4 is 35.1 Å². The molecule has 1 aromatic heterocycles. The van der Waals surface area contributed by atoms with Gasteiger partial charge in [0.2, 0.25) is 5.91 Å². The van der Waals surface area contributed by atoms with Crippen LogP contribution in [-0.4, -0.2) is 47.9 Å². The largest absolute Gasteiger partial charge is 0.452 e. The number of hydrogen-bond acceptors (Lipinski definition) is 5. The smallest absolute Gasteiger partial charge is 0.338 e. The summed E-state index contributed by atoms with van der Waals surface area (Å²) in [5.41, 5.74) is 2.78. The minimum Gasteiger partial charge on any atom is -0.452 e. The summed E-state index contributed by atoms with van der Waals surface area (Å²) in [5.74, 6) is -1.53. The van der Waals surface area contributed by atoms with E-state index in [4.69, 9.17) is 16.3 Å². The number of carbonyl (C=O) groups excluding carboxylic acids is 3. The van der Waals surface area contributed by atoms with Gasteiger partial charge in [0.15, 0.2) is 6.61 Å². The molecular formula is C19H20ClN3O4. The number of para-hydroxylation sites is 1. The molecule has 7 nitrogen and oxygen atoms in total. The van der Waals surface area contributed by atoms with E-state index in [1.807, 2.05) is 32.0 Å². The SMILES string of the molecule is Cc1cccc(C)c1NC(=O)CN(C)C(=O)COC(=O)c1ccnc(Cl)c1. The first-order valence-corrected chi connectivity index (χ1v) is 8.54. The summed E-state index contributed by atoms with van der Waals surface area (Å²) in [7, 11) is 1.46. The number of pyridine rings is 1. The first kappa shape index (κ1) is 20.4. The van der Waals surface area contributed by atoms with E-state index in [1.165, 1.54) is 30.3 Å². The number of ether oxygens (including phenoxy) is 1. The van der Waals surface area contributed by atoms with Gasteiger partial charge in [-0.25, -0.2) is 9.78 Å². The molecule has 0 unspecified atom stereocenters. The molecule has 2 aromatic rings. The molecular weight excluding hydrogens is 370 g/mol. The molecule has 0 spiro atoms. The van der Waals surface area contributed by atoms with Gasteiger partial charge >= 0.3 is 5.97 Å². The summed E-state index contributed by atoms with van der Waals surface area (Å²) < 4.78 is 4.96. The number of anilines is 1. The van der Waals surface area contributed by atoms with Crippen LogP contribution in [0.2, 0.25) is 5.15 Å². The maximum atomic E-state index is 12.2. The zero-order valence-electron chi connectivity index (χ0n) is 15.3. The molecule has 2 rings (SSSR count). The number of halogens is 1. The minimum atomic E-state index is -0.693. The van der Waals surface area contributed by atoms with Crippen molar-refractivity contribution < 1.29 is 19.1 Å². The van der Waals surface area contributed by atoms with Gasteiger partial charge in [0.25, 0.3) is 5.91 Å². The number of nitrogens with one attached hydrogen (secondary N) is 1. The van der Waals surface area contributed by atoms with E-state index in [2.05, 4.69) is 10.3 Å². The molecule has 8 heteroatoms. The first-order chi connectivity index (χ1) is 12.8. The molecule has 0 aliphatic rings. The number of rotatable bonds is 6. The Morgan fingerprint density at radius 3 is 2.48 bits per heavy atom. The summed E-state index contributed by atoms with van der Waals surface area (Å²) in [6.07, 6.45) is 1.37. The van der Waals surface area contributed by atoms with Crippen LogP contribution >= 0.6 is 11.6 Å². The van der Waals surface area contributed by atoms with Crippen molar-refractivity contribution in [3.8, 4) is 0 Å². The molecule has 0 fully saturated rings. The van der Waals surface area contributed by atoms with Crippen LogP contribution in [-0.2, 0) is 14.3 Å². The van der Waals surface area contributed by atoms with Crippen LogP contribution in [0.3, 0.4) is 0 Å². The lowest BCUT2D eigenvalue weighted by atomic mass is 10.1. The predicted molar refractivity (Wildman–Crippen MR) is 102 cm³/mol. The van der Waals surface area contributed by atoms with Gasteiger partial charge in [-0.1, -0.05) is 29.8 Å². The second-order valence-corrected chi connectivity index (χ2v) is 6.40. The molecule has 1 aromatic carbocycles. The van der Waals surface area contributed by atoms with Crippen molar-refractivity contribution in [3.05, 3.63) is 58.4 Å². The Labute approximate surface area is 162 Å². The van der Waals surface area contributed by atoms with E-state index in [-0.39, 0.29) is 23.2 Å². The fraction of sp³-hybridized carbons (Fsp3) is 0.263. The maximum absolute atomic E-state index is 12.2. The highest BCUT2D eigenvalue weighted by Crippen LogP contribution is 2.19. The molecule has 0 saturated carbocycles. The third-order valence-corrected chi connectivity index (χ3v) is 4.05. The van der Waals surface area contributed by atoms with Crippen LogP contribution in [0.1, 0.15) is 21.5 Å². The van der Waals surface area contributed by atoms with Gasteiger partial charge in [0, 0.05) is 18.9 Å². The number of nitrogens with zero attached hydrogens (tertiary/aromatic N) is 2. The topological polar surface area (TPSA) is 88.6 Å². The summed E-state index contributed by atoms with van der Waals surface area (Å²) >= 11 is 5.71. The Morgan fingerprint density at radius 2 is 1.85 bits per heavy atom. The third-order valence-electron chi connectivity index (χ3n) is 3.84. The van der Waals surface area contributed by atoms with Crippen molar-refractivity contribution in [2.45, 2.75) is 13.8 Å². The number of hydrogen-bond donors (Lipinski definition) is 1. The first-order valence-electron chi connectivity index (χ1n) is 8.16. The quantitative estimate of drug-likeness (QED) is 0.606. The zero-order valence-corrected chi connectivity index (χ0v) is 16.0.